The molecule has 0 N–H and O–H groups in total. The van der Waals surface area contributed by atoms with Crippen LogP contribution in [-0.2, 0) is 14.6 Å². The summed E-state index contributed by atoms with van der Waals surface area (Å²) < 4.78 is 33.3. The molecule has 2 rings (SSSR count). The third-order valence-electron chi connectivity index (χ3n) is 2.63. The Kier molecular flexibility index (Phi) is 4.23. The highest BCUT2D eigenvalue weighted by Gasteiger charge is 2.16. The number of methoxy groups -OCH3 is 1. The Labute approximate surface area is 122 Å². The van der Waals surface area contributed by atoms with Crippen molar-refractivity contribution in [1.29, 1.82) is 0 Å². The Morgan fingerprint density at radius 3 is 2.38 bits per heavy atom. The lowest BCUT2D eigenvalue weighted by Crippen LogP contribution is -2.02. The average molecular weight is 307 g/mol. The quantitative estimate of drug-likeness (QED) is 0.804. The van der Waals surface area contributed by atoms with Crippen molar-refractivity contribution in [2.24, 2.45) is 0 Å². The lowest BCUT2D eigenvalue weighted by atomic mass is 10.2. The number of sulfone groups is 1. The summed E-state index contributed by atoms with van der Waals surface area (Å²) in [6.45, 7) is 0. The first-order valence-corrected chi connectivity index (χ1v) is 7.82. The third kappa shape index (κ3) is 3.57. The first-order chi connectivity index (χ1) is 9.91. The van der Waals surface area contributed by atoms with Gasteiger partial charge in [-0.05, 0) is 36.4 Å². The molecule has 110 valence electrons. The molecule has 0 saturated heterocycles. The predicted molar refractivity (Wildman–Crippen MR) is 75.2 cm³/mol. The van der Waals surface area contributed by atoms with Crippen molar-refractivity contribution in [3.63, 3.8) is 0 Å². The van der Waals surface area contributed by atoms with E-state index in [-0.39, 0.29) is 10.8 Å². The van der Waals surface area contributed by atoms with Crippen molar-refractivity contribution >= 4 is 15.8 Å². The highest BCUT2D eigenvalue weighted by molar-refractivity contribution is 7.90. The SMILES string of the molecule is COC(=O)c1ccc(Oc2ncccc2S(C)(=O)=O)cc1. The molecule has 0 aliphatic carbocycles. The Morgan fingerprint density at radius 1 is 1.14 bits per heavy atom. The minimum Gasteiger partial charge on any atom is -0.465 e. The van der Waals surface area contributed by atoms with E-state index in [0.717, 1.165) is 6.26 Å². The van der Waals surface area contributed by atoms with E-state index in [2.05, 4.69) is 9.72 Å². The van der Waals surface area contributed by atoms with Gasteiger partial charge in [0, 0.05) is 12.5 Å². The smallest absolute Gasteiger partial charge is 0.337 e. The summed E-state index contributed by atoms with van der Waals surface area (Å²) in [7, 11) is -2.15. The van der Waals surface area contributed by atoms with Crippen molar-refractivity contribution < 1.29 is 22.7 Å². The molecular formula is C14H13NO5S. The van der Waals surface area contributed by atoms with Crippen LogP contribution in [0.3, 0.4) is 0 Å². The number of aromatic nitrogens is 1. The van der Waals surface area contributed by atoms with Crippen LogP contribution in [-0.4, -0.2) is 32.7 Å². The first kappa shape index (κ1) is 15.0. The zero-order valence-corrected chi connectivity index (χ0v) is 12.3. The second kappa shape index (κ2) is 5.92. The molecule has 0 spiro atoms. The predicted octanol–water partition coefficient (Wildman–Crippen LogP) is 2.06. The fraction of sp³-hybridized carbons (Fsp3) is 0.143. The van der Waals surface area contributed by atoms with Gasteiger partial charge in [-0.25, -0.2) is 18.2 Å². The molecule has 0 aliphatic rings. The highest BCUT2D eigenvalue weighted by atomic mass is 32.2. The van der Waals surface area contributed by atoms with Gasteiger partial charge in [-0.3, -0.25) is 0 Å². The van der Waals surface area contributed by atoms with E-state index in [1.54, 1.807) is 0 Å². The minimum atomic E-state index is -3.44. The molecule has 1 heterocycles. The molecule has 6 nitrogen and oxygen atoms in total. The van der Waals surface area contributed by atoms with Gasteiger partial charge in [0.1, 0.15) is 10.6 Å². The summed E-state index contributed by atoms with van der Waals surface area (Å²) in [5, 5.41) is 0. The van der Waals surface area contributed by atoms with Crippen LogP contribution in [0.4, 0.5) is 0 Å². The number of esters is 1. The van der Waals surface area contributed by atoms with E-state index < -0.39 is 15.8 Å². The molecule has 0 radical (unpaired) electrons. The van der Waals surface area contributed by atoms with E-state index in [1.165, 1.54) is 49.7 Å². The highest BCUT2D eigenvalue weighted by Crippen LogP contribution is 2.26. The maximum absolute atomic E-state index is 11.6. The molecule has 0 saturated carbocycles. The van der Waals surface area contributed by atoms with Crippen LogP contribution in [0.25, 0.3) is 0 Å². The number of nitrogens with zero attached hydrogens (tertiary/aromatic N) is 1. The lowest BCUT2D eigenvalue weighted by Gasteiger charge is -2.08. The molecule has 0 amide bonds. The van der Waals surface area contributed by atoms with Crippen LogP contribution in [0.5, 0.6) is 11.6 Å². The number of ether oxygens (including phenoxy) is 2. The van der Waals surface area contributed by atoms with Gasteiger partial charge in [0.15, 0.2) is 9.84 Å². The summed E-state index contributed by atoms with van der Waals surface area (Å²) >= 11 is 0. The van der Waals surface area contributed by atoms with Crippen LogP contribution < -0.4 is 4.74 Å². The summed E-state index contributed by atoms with van der Waals surface area (Å²) in [4.78, 5) is 15.2. The largest absolute Gasteiger partial charge is 0.465 e. The molecule has 2 aromatic rings. The molecule has 0 fully saturated rings. The Hall–Kier alpha value is -2.41. The number of hydrogen-bond acceptors (Lipinski definition) is 6. The summed E-state index contributed by atoms with van der Waals surface area (Å²) in [6.07, 6.45) is 2.52. The van der Waals surface area contributed by atoms with Crippen molar-refractivity contribution in [3.05, 3.63) is 48.2 Å². The second-order valence-electron chi connectivity index (χ2n) is 4.20. The number of hydrogen-bond donors (Lipinski definition) is 0. The molecule has 0 aliphatic heterocycles. The Morgan fingerprint density at radius 2 is 1.81 bits per heavy atom. The number of carbonyl (C=O) groups is 1. The summed E-state index contributed by atoms with van der Waals surface area (Å²) in [5.41, 5.74) is 0.370. The van der Waals surface area contributed by atoms with Crippen LogP contribution in [0.15, 0.2) is 47.5 Å². The van der Waals surface area contributed by atoms with Gasteiger partial charge in [0.05, 0.1) is 12.7 Å². The molecule has 0 unspecified atom stereocenters. The van der Waals surface area contributed by atoms with Gasteiger partial charge < -0.3 is 9.47 Å². The Balaban J connectivity index is 2.29. The lowest BCUT2D eigenvalue weighted by molar-refractivity contribution is 0.0600. The van der Waals surface area contributed by atoms with Crippen LogP contribution in [0, 0.1) is 0 Å². The number of pyridine rings is 1. The monoisotopic (exact) mass is 307 g/mol. The van der Waals surface area contributed by atoms with Crippen molar-refractivity contribution in [2.75, 3.05) is 13.4 Å². The number of carbonyl (C=O) groups excluding carboxylic acids is 1. The van der Waals surface area contributed by atoms with E-state index in [1.807, 2.05) is 0 Å². The van der Waals surface area contributed by atoms with Gasteiger partial charge >= 0.3 is 5.97 Å². The number of rotatable bonds is 4. The third-order valence-corrected chi connectivity index (χ3v) is 3.74. The fourth-order valence-electron chi connectivity index (χ4n) is 1.62. The molecule has 7 heteroatoms. The van der Waals surface area contributed by atoms with Crippen molar-refractivity contribution in [2.45, 2.75) is 4.90 Å². The van der Waals surface area contributed by atoms with Crippen LogP contribution >= 0.6 is 0 Å². The van der Waals surface area contributed by atoms with E-state index in [0.29, 0.717) is 11.3 Å². The standard InChI is InChI=1S/C14H13NO5S/c1-19-14(16)10-5-7-11(8-6-10)20-13-12(21(2,17)18)4-3-9-15-13/h3-9H,1-2H3. The second-order valence-corrected chi connectivity index (χ2v) is 6.18. The Bertz CT molecular complexity index is 753. The maximum atomic E-state index is 11.6. The molecule has 0 bridgehead atoms. The van der Waals surface area contributed by atoms with Gasteiger partial charge in [-0.2, -0.15) is 0 Å². The normalized spacial score (nSPS) is 11.0. The van der Waals surface area contributed by atoms with E-state index >= 15 is 0 Å². The zero-order valence-electron chi connectivity index (χ0n) is 11.4. The van der Waals surface area contributed by atoms with Gasteiger partial charge in [0.25, 0.3) is 0 Å². The minimum absolute atomic E-state index is 0.00189. The first-order valence-electron chi connectivity index (χ1n) is 5.93. The summed E-state index contributed by atoms with van der Waals surface area (Å²) in [5.74, 6) is -0.103. The molecule has 1 aromatic carbocycles. The fourth-order valence-corrected chi connectivity index (χ4v) is 2.36. The molecule has 1 aromatic heterocycles. The van der Waals surface area contributed by atoms with Gasteiger partial charge in [-0.1, -0.05) is 0 Å². The maximum Gasteiger partial charge on any atom is 0.337 e. The van der Waals surface area contributed by atoms with Crippen molar-refractivity contribution in [3.8, 4) is 11.6 Å². The van der Waals surface area contributed by atoms with E-state index in [4.69, 9.17) is 4.74 Å². The zero-order chi connectivity index (χ0) is 15.5. The van der Waals surface area contributed by atoms with Crippen LogP contribution in [0.1, 0.15) is 10.4 Å². The summed E-state index contributed by atoms with van der Waals surface area (Å²) in [6, 6.07) is 9.04. The van der Waals surface area contributed by atoms with Gasteiger partial charge in [0.2, 0.25) is 5.88 Å². The average Bonchev–Trinajstić information content (AvgIpc) is 2.47. The van der Waals surface area contributed by atoms with E-state index in [9.17, 15) is 13.2 Å². The van der Waals surface area contributed by atoms with Crippen molar-refractivity contribution in [1.82, 2.24) is 4.98 Å². The molecular weight excluding hydrogens is 294 g/mol. The molecule has 21 heavy (non-hydrogen) atoms. The van der Waals surface area contributed by atoms with Crippen LogP contribution in [0.2, 0.25) is 0 Å². The van der Waals surface area contributed by atoms with Gasteiger partial charge in [-0.15, -0.1) is 0 Å². The molecule has 0 atom stereocenters. The topological polar surface area (TPSA) is 82.6 Å². The number of benzene rings is 1.